The number of benzene rings is 1. The van der Waals surface area contributed by atoms with Gasteiger partial charge in [0.15, 0.2) is 0 Å². The van der Waals surface area contributed by atoms with Crippen LogP contribution in [-0.4, -0.2) is 17.2 Å². The minimum atomic E-state index is -0.971. The highest BCUT2D eigenvalue weighted by atomic mass is 16.5. The Bertz CT molecular complexity index is 386. The largest absolute Gasteiger partial charge is 0.489 e. The van der Waals surface area contributed by atoms with Crippen LogP contribution in [0.1, 0.15) is 29.8 Å². The molecule has 4 nitrogen and oxygen atoms in total. The van der Waals surface area contributed by atoms with Crippen LogP contribution in [0.4, 0.5) is 5.69 Å². The molecule has 1 rings (SSSR count). The van der Waals surface area contributed by atoms with Crippen LogP contribution in [0.2, 0.25) is 0 Å². The third-order valence-electron chi connectivity index (χ3n) is 2.02. The molecular weight excluding hydrogens is 194 g/mol. The van der Waals surface area contributed by atoms with Crippen molar-refractivity contribution < 1.29 is 14.6 Å². The van der Waals surface area contributed by atoms with Crippen molar-refractivity contribution in [2.24, 2.45) is 0 Å². The van der Waals surface area contributed by atoms with E-state index in [2.05, 4.69) is 0 Å². The first-order chi connectivity index (χ1) is 6.93. The number of aromatic carboxylic acids is 1. The van der Waals surface area contributed by atoms with Gasteiger partial charge in [0, 0.05) is 5.56 Å². The molecule has 0 saturated carbocycles. The van der Waals surface area contributed by atoms with Crippen LogP contribution in [-0.2, 0) is 0 Å². The standard InChI is InChI=1S/C11H15NO3/c1-6(2)15-10-7(3)8(11(13)14)4-5-9(10)12/h4-6H,12H2,1-3H3,(H,13,14). The summed E-state index contributed by atoms with van der Waals surface area (Å²) in [5.74, 6) is -0.508. The Labute approximate surface area is 88.7 Å². The van der Waals surface area contributed by atoms with Gasteiger partial charge in [-0.25, -0.2) is 4.79 Å². The first-order valence-electron chi connectivity index (χ1n) is 4.72. The van der Waals surface area contributed by atoms with Crippen LogP contribution in [0.3, 0.4) is 0 Å². The van der Waals surface area contributed by atoms with Crippen molar-refractivity contribution in [1.82, 2.24) is 0 Å². The number of hydrogen-bond donors (Lipinski definition) is 2. The summed E-state index contributed by atoms with van der Waals surface area (Å²) < 4.78 is 5.48. The maximum absolute atomic E-state index is 10.9. The number of ether oxygens (including phenoxy) is 1. The zero-order valence-electron chi connectivity index (χ0n) is 9.07. The maximum atomic E-state index is 10.9. The normalized spacial score (nSPS) is 10.4. The predicted molar refractivity (Wildman–Crippen MR) is 58.3 cm³/mol. The summed E-state index contributed by atoms with van der Waals surface area (Å²) in [6.07, 6.45) is -0.0324. The highest BCUT2D eigenvalue weighted by Crippen LogP contribution is 2.29. The van der Waals surface area contributed by atoms with Gasteiger partial charge in [-0.2, -0.15) is 0 Å². The lowest BCUT2D eigenvalue weighted by atomic mass is 10.1. The van der Waals surface area contributed by atoms with Crippen molar-refractivity contribution in [3.63, 3.8) is 0 Å². The van der Waals surface area contributed by atoms with Gasteiger partial charge in [-0.15, -0.1) is 0 Å². The van der Waals surface area contributed by atoms with Gasteiger partial charge >= 0.3 is 5.97 Å². The maximum Gasteiger partial charge on any atom is 0.336 e. The van der Waals surface area contributed by atoms with Crippen molar-refractivity contribution >= 4 is 11.7 Å². The minimum absolute atomic E-state index is 0.0324. The molecule has 4 heteroatoms. The fourth-order valence-corrected chi connectivity index (χ4v) is 1.34. The Kier molecular flexibility index (Phi) is 3.19. The molecule has 0 aliphatic rings. The molecule has 1 aromatic carbocycles. The van der Waals surface area contributed by atoms with Crippen LogP contribution in [0.25, 0.3) is 0 Å². The number of carboxylic acids is 1. The Morgan fingerprint density at radius 3 is 2.53 bits per heavy atom. The zero-order valence-corrected chi connectivity index (χ0v) is 9.07. The van der Waals surface area contributed by atoms with E-state index in [1.165, 1.54) is 6.07 Å². The molecule has 0 radical (unpaired) electrons. The number of anilines is 1. The average molecular weight is 209 g/mol. The lowest BCUT2D eigenvalue weighted by Gasteiger charge is -2.15. The number of rotatable bonds is 3. The lowest BCUT2D eigenvalue weighted by molar-refractivity contribution is 0.0695. The van der Waals surface area contributed by atoms with Crippen molar-refractivity contribution in [3.8, 4) is 5.75 Å². The second-order valence-electron chi connectivity index (χ2n) is 3.63. The fraction of sp³-hybridized carbons (Fsp3) is 0.364. The summed E-state index contributed by atoms with van der Waals surface area (Å²) in [5, 5.41) is 8.92. The quantitative estimate of drug-likeness (QED) is 0.747. The molecule has 0 aromatic heterocycles. The number of hydrogen-bond acceptors (Lipinski definition) is 3. The molecule has 15 heavy (non-hydrogen) atoms. The van der Waals surface area contributed by atoms with Crippen LogP contribution < -0.4 is 10.5 Å². The Morgan fingerprint density at radius 2 is 2.07 bits per heavy atom. The second-order valence-corrected chi connectivity index (χ2v) is 3.63. The molecule has 1 aromatic rings. The first kappa shape index (κ1) is 11.4. The third-order valence-corrected chi connectivity index (χ3v) is 2.02. The number of carbonyl (C=O) groups is 1. The van der Waals surface area contributed by atoms with Crippen LogP contribution in [0.5, 0.6) is 5.75 Å². The zero-order chi connectivity index (χ0) is 11.6. The number of nitrogens with two attached hydrogens (primary N) is 1. The van der Waals surface area contributed by atoms with Gasteiger partial charge in [0.1, 0.15) is 5.75 Å². The Hall–Kier alpha value is -1.71. The molecule has 0 amide bonds. The Morgan fingerprint density at radius 1 is 1.47 bits per heavy atom. The molecule has 0 aliphatic carbocycles. The lowest BCUT2D eigenvalue weighted by Crippen LogP contribution is -2.11. The monoisotopic (exact) mass is 209 g/mol. The van der Waals surface area contributed by atoms with Crippen molar-refractivity contribution in [3.05, 3.63) is 23.3 Å². The van der Waals surface area contributed by atoms with E-state index in [9.17, 15) is 4.79 Å². The van der Waals surface area contributed by atoms with Gasteiger partial charge in [0.05, 0.1) is 17.4 Å². The molecule has 0 heterocycles. The topological polar surface area (TPSA) is 72.5 Å². The summed E-state index contributed by atoms with van der Waals surface area (Å²) in [6, 6.07) is 3.04. The van der Waals surface area contributed by atoms with E-state index < -0.39 is 5.97 Å². The smallest absolute Gasteiger partial charge is 0.336 e. The SMILES string of the molecule is Cc1c(C(=O)O)ccc(N)c1OC(C)C. The average Bonchev–Trinajstić information content (AvgIpc) is 2.11. The van der Waals surface area contributed by atoms with E-state index in [-0.39, 0.29) is 11.7 Å². The van der Waals surface area contributed by atoms with E-state index in [1.807, 2.05) is 13.8 Å². The third kappa shape index (κ3) is 2.40. The molecule has 0 bridgehead atoms. The van der Waals surface area contributed by atoms with Gasteiger partial charge in [0.25, 0.3) is 0 Å². The van der Waals surface area contributed by atoms with Gasteiger partial charge in [-0.1, -0.05) is 0 Å². The van der Waals surface area contributed by atoms with E-state index in [4.69, 9.17) is 15.6 Å². The number of nitrogen functional groups attached to an aromatic ring is 1. The summed E-state index contributed by atoms with van der Waals surface area (Å²) in [6.45, 7) is 5.43. The van der Waals surface area contributed by atoms with Crippen LogP contribution in [0, 0.1) is 6.92 Å². The summed E-state index contributed by atoms with van der Waals surface area (Å²) in [7, 11) is 0. The van der Waals surface area contributed by atoms with Gasteiger partial charge in [0.2, 0.25) is 0 Å². The minimum Gasteiger partial charge on any atom is -0.489 e. The molecule has 0 fully saturated rings. The van der Waals surface area contributed by atoms with Crippen LogP contribution >= 0.6 is 0 Å². The first-order valence-corrected chi connectivity index (χ1v) is 4.72. The molecule has 0 unspecified atom stereocenters. The van der Waals surface area contributed by atoms with Crippen LogP contribution in [0.15, 0.2) is 12.1 Å². The van der Waals surface area contributed by atoms with E-state index >= 15 is 0 Å². The van der Waals surface area contributed by atoms with Gasteiger partial charge in [-0.05, 0) is 32.9 Å². The Balaban J connectivity index is 3.24. The van der Waals surface area contributed by atoms with Crippen molar-refractivity contribution in [2.75, 3.05) is 5.73 Å². The predicted octanol–water partition coefficient (Wildman–Crippen LogP) is 2.06. The fourth-order valence-electron chi connectivity index (χ4n) is 1.34. The molecule has 0 aliphatic heterocycles. The number of carboxylic acid groups (broad SMARTS) is 1. The summed E-state index contributed by atoms with van der Waals surface area (Å²) in [5.41, 5.74) is 6.97. The van der Waals surface area contributed by atoms with Crippen molar-refractivity contribution in [1.29, 1.82) is 0 Å². The van der Waals surface area contributed by atoms with Gasteiger partial charge < -0.3 is 15.6 Å². The second kappa shape index (κ2) is 4.21. The van der Waals surface area contributed by atoms with E-state index in [0.717, 1.165) is 0 Å². The molecular formula is C11H15NO3. The van der Waals surface area contributed by atoms with E-state index in [0.29, 0.717) is 17.0 Å². The van der Waals surface area contributed by atoms with E-state index in [1.54, 1.807) is 13.0 Å². The molecule has 0 atom stereocenters. The highest BCUT2D eigenvalue weighted by Gasteiger charge is 2.14. The molecule has 3 N–H and O–H groups in total. The molecule has 0 spiro atoms. The summed E-state index contributed by atoms with van der Waals surface area (Å²) >= 11 is 0. The highest BCUT2D eigenvalue weighted by molar-refractivity contribution is 5.91. The molecule has 0 saturated heterocycles. The van der Waals surface area contributed by atoms with Crippen molar-refractivity contribution in [2.45, 2.75) is 26.9 Å². The molecule has 82 valence electrons. The van der Waals surface area contributed by atoms with Gasteiger partial charge in [-0.3, -0.25) is 0 Å². The summed E-state index contributed by atoms with van der Waals surface area (Å²) in [4.78, 5) is 10.9.